The first-order chi connectivity index (χ1) is 13.8. The number of nitro groups is 1. The summed E-state index contributed by atoms with van der Waals surface area (Å²) in [6.45, 7) is 0.267. The average Bonchev–Trinajstić information content (AvgIpc) is 3.04. The summed E-state index contributed by atoms with van der Waals surface area (Å²) in [6.07, 6.45) is 1.39. The Morgan fingerprint density at radius 2 is 1.72 bits per heavy atom. The van der Waals surface area contributed by atoms with Gasteiger partial charge in [-0.3, -0.25) is 19.7 Å². The Balaban J connectivity index is 1.61. The van der Waals surface area contributed by atoms with Gasteiger partial charge in [-0.15, -0.1) is 0 Å². The van der Waals surface area contributed by atoms with Crippen LogP contribution >= 0.6 is 0 Å². The van der Waals surface area contributed by atoms with Crippen molar-refractivity contribution in [3.8, 4) is 5.88 Å². The Kier molecular flexibility index (Phi) is 5.54. The molecular formula is C19H17N5O5. The van der Waals surface area contributed by atoms with E-state index in [9.17, 15) is 24.8 Å². The van der Waals surface area contributed by atoms with E-state index in [0.717, 1.165) is 5.56 Å². The molecule has 0 aliphatic rings. The second-order valence-corrected chi connectivity index (χ2v) is 6.25. The maximum Gasteiger partial charge on any atom is 0.271 e. The van der Waals surface area contributed by atoms with E-state index in [1.807, 2.05) is 0 Å². The Bertz CT molecular complexity index is 1060. The molecule has 29 heavy (non-hydrogen) atoms. The molecule has 4 N–H and O–H groups in total. The lowest BCUT2D eigenvalue weighted by atomic mass is 10.1. The highest BCUT2D eigenvalue weighted by atomic mass is 16.6. The van der Waals surface area contributed by atoms with Crippen molar-refractivity contribution in [2.75, 3.05) is 5.32 Å². The van der Waals surface area contributed by atoms with Gasteiger partial charge in [-0.05, 0) is 23.3 Å². The number of non-ortho nitro benzene ring substituents is 1. The fourth-order valence-electron chi connectivity index (χ4n) is 2.76. The minimum absolute atomic E-state index is 0.0320. The summed E-state index contributed by atoms with van der Waals surface area (Å²) in [5, 5.41) is 23.0. The van der Waals surface area contributed by atoms with Crippen LogP contribution in [0.3, 0.4) is 0 Å². The van der Waals surface area contributed by atoms with Crippen LogP contribution in [0.4, 0.5) is 11.4 Å². The van der Waals surface area contributed by atoms with E-state index in [2.05, 4.69) is 10.3 Å². The summed E-state index contributed by atoms with van der Waals surface area (Å²) >= 11 is 0. The fraction of sp³-hybridized carbons (Fsp3) is 0.105. The van der Waals surface area contributed by atoms with Crippen molar-refractivity contribution in [2.24, 2.45) is 5.73 Å². The number of aromatic nitrogens is 2. The van der Waals surface area contributed by atoms with Crippen LogP contribution in [0.25, 0.3) is 0 Å². The molecule has 2 aromatic carbocycles. The number of nitrogens with zero attached hydrogens (tertiary/aromatic N) is 3. The molecule has 0 saturated carbocycles. The number of primary amides is 1. The molecule has 0 spiro atoms. The van der Waals surface area contributed by atoms with Crippen molar-refractivity contribution >= 4 is 23.2 Å². The molecular weight excluding hydrogens is 378 g/mol. The first-order valence-electron chi connectivity index (χ1n) is 8.49. The van der Waals surface area contributed by atoms with Gasteiger partial charge < -0.3 is 20.7 Å². The average molecular weight is 395 g/mol. The van der Waals surface area contributed by atoms with Crippen molar-refractivity contribution in [3.05, 3.63) is 81.8 Å². The molecule has 3 rings (SSSR count). The number of nitrogens with two attached hydrogens (primary N) is 1. The second kappa shape index (κ2) is 8.21. The van der Waals surface area contributed by atoms with E-state index in [0.29, 0.717) is 11.3 Å². The molecule has 148 valence electrons. The van der Waals surface area contributed by atoms with E-state index >= 15 is 0 Å². The number of anilines is 1. The molecule has 0 bridgehead atoms. The maximum absolute atomic E-state index is 12.2. The lowest BCUT2D eigenvalue weighted by Gasteiger charge is -2.09. The van der Waals surface area contributed by atoms with Gasteiger partial charge in [-0.25, -0.2) is 4.98 Å². The standard InChI is InChI=1S/C19H17N5O5/c20-18(26)17-19(27)21-11-23(17)10-13-1-5-14(6-2-13)22-16(25)9-12-3-7-15(8-4-12)24(28)29/h1-8,11,27H,9-10H2,(H2,20,26)(H,22,25). The van der Waals surface area contributed by atoms with Crippen molar-refractivity contribution in [2.45, 2.75) is 13.0 Å². The normalized spacial score (nSPS) is 10.5. The van der Waals surface area contributed by atoms with Gasteiger partial charge in [0.2, 0.25) is 11.8 Å². The molecule has 0 aliphatic heterocycles. The van der Waals surface area contributed by atoms with Crippen LogP contribution in [0.5, 0.6) is 5.88 Å². The van der Waals surface area contributed by atoms with Gasteiger partial charge in [0, 0.05) is 24.4 Å². The zero-order valence-corrected chi connectivity index (χ0v) is 15.1. The monoisotopic (exact) mass is 395 g/mol. The quantitative estimate of drug-likeness (QED) is 0.410. The molecule has 10 nitrogen and oxygen atoms in total. The number of amides is 2. The molecule has 0 fully saturated rings. The molecule has 0 unspecified atom stereocenters. The summed E-state index contributed by atoms with van der Waals surface area (Å²) in [7, 11) is 0. The minimum atomic E-state index is -0.782. The van der Waals surface area contributed by atoms with Crippen LogP contribution < -0.4 is 11.1 Å². The van der Waals surface area contributed by atoms with E-state index in [4.69, 9.17) is 5.73 Å². The van der Waals surface area contributed by atoms with Crippen molar-refractivity contribution in [1.82, 2.24) is 9.55 Å². The van der Waals surface area contributed by atoms with Gasteiger partial charge in [0.25, 0.3) is 11.6 Å². The highest BCUT2D eigenvalue weighted by Gasteiger charge is 2.15. The molecule has 0 aliphatic carbocycles. The summed E-state index contributed by atoms with van der Waals surface area (Å²) < 4.78 is 1.43. The molecule has 2 amide bonds. The van der Waals surface area contributed by atoms with E-state index < -0.39 is 16.7 Å². The lowest BCUT2D eigenvalue weighted by Crippen LogP contribution is -2.17. The zero-order chi connectivity index (χ0) is 21.0. The highest BCUT2D eigenvalue weighted by molar-refractivity contribution is 5.93. The van der Waals surface area contributed by atoms with E-state index in [-0.39, 0.29) is 30.3 Å². The molecule has 10 heteroatoms. The SMILES string of the molecule is NC(=O)c1c(O)ncn1Cc1ccc(NC(=O)Cc2ccc([N+](=O)[O-])cc2)cc1. The second-order valence-electron chi connectivity index (χ2n) is 6.25. The molecule has 3 aromatic rings. The van der Waals surface area contributed by atoms with Gasteiger partial charge in [0.1, 0.15) is 0 Å². The summed E-state index contributed by atoms with van der Waals surface area (Å²) in [5.74, 6) is -1.47. The van der Waals surface area contributed by atoms with E-state index in [1.54, 1.807) is 24.3 Å². The number of hydrogen-bond donors (Lipinski definition) is 3. The predicted octanol–water partition coefficient (Wildman–Crippen LogP) is 1.83. The molecule has 1 heterocycles. The van der Waals surface area contributed by atoms with Crippen LogP contribution in [0.1, 0.15) is 21.6 Å². The number of aromatic hydroxyl groups is 1. The smallest absolute Gasteiger partial charge is 0.271 e. The number of nitro benzene ring substituents is 1. The minimum Gasteiger partial charge on any atom is -0.492 e. The highest BCUT2D eigenvalue weighted by Crippen LogP contribution is 2.17. The Labute approximate surface area is 164 Å². The number of hydrogen-bond acceptors (Lipinski definition) is 6. The van der Waals surface area contributed by atoms with Crippen LogP contribution in [0, 0.1) is 10.1 Å². The summed E-state index contributed by atoms with van der Waals surface area (Å²) in [4.78, 5) is 37.4. The third-order valence-electron chi connectivity index (χ3n) is 4.15. The third kappa shape index (κ3) is 4.75. The van der Waals surface area contributed by atoms with E-state index in [1.165, 1.54) is 35.2 Å². The Morgan fingerprint density at radius 3 is 2.31 bits per heavy atom. The summed E-state index contributed by atoms with van der Waals surface area (Å²) in [6, 6.07) is 12.7. The number of rotatable bonds is 7. The number of benzene rings is 2. The number of imidazole rings is 1. The first kappa shape index (κ1) is 19.5. The molecule has 0 atom stereocenters. The van der Waals surface area contributed by atoms with Gasteiger partial charge in [-0.1, -0.05) is 24.3 Å². The van der Waals surface area contributed by atoms with Crippen molar-refractivity contribution in [3.63, 3.8) is 0 Å². The largest absolute Gasteiger partial charge is 0.492 e. The summed E-state index contributed by atoms with van der Waals surface area (Å²) in [5.41, 5.74) is 7.16. The fourth-order valence-corrected chi connectivity index (χ4v) is 2.76. The molecule has 0 radical (unpaired) electrons. The maximum atomic E-state index is 12.2. The zero-order valence-electron chi connectivity index (χ0n) is 15.1. The Morgan fingerprint density at radius 1 is 1.10 bits per heavy atom. The predicted molar refractivity (Wildman–Crippen MR) is 103 cm³/mol. The third-order valence-corrected chi connectivity index (χ3v) is 4.15. The van der Waals surface area contributed by atoms with Crippen LogP contribution in [0.15, 0.2) is 54.9 Å². The van der Waals surface area contributed by atoms with Crippen molar-refractivity contribution < 1.29 is 19.6 Å². The van der Waals surface area contributed by atoms with Crippen molar-refractivity contribution in [1.29, 1.82) is 0 Å². The van der Waals surface area contributed by atoms with Crippen LogP contribution in [-0.4, -0.2) is 31.4 Å². The van der Waals surface area contributed by atoms with Gasteiger partial charge in [0.05, 0.1) is 17.7 Å². The van der Waals surface area contributed by atoms with Crippen LogP contribution in [0.2, 0.25) is 0 Å². The van der Waals surface area contributed by atoms with Crippen LogP contribution in [-0.2, 0) is 17.8 Å². The lowest BCUT2D eigenvalue weighted by molar-refractivity contribution is -0.384. The first-order valence-corrected chi connectivity index (χ1v) is 8.49. The molecule has 1 aromatic heterocycles. The topological polar surface area (TPSA) is 153 Å². The van der Waals surface area contributed by atoms with Gasteiger partial charge in [-0.2, -0.15) is 0 Å². The number of nitrogens with one attached hydrogen (secondary N) is 1. The van der Waals surface area contributed by atoms with Gasteiger partial charge in [0.15, 0.2) is 5.69 Å². The Hall–Kier alpha value is -4.21. The number of carbonyl (C=O) groups is 2. The van der Waals surface area contributed by atoms with Gasteiger partial charge >= 0.3 is 0 Å². The number of carbonyl (C=O) groups excluding carboxylic acids is 2. The molecule has 0 saturated heterocycles.